The molecule has 0 aliphatic carbocycles. The van der Waals surface area contributed by atoms with Crippen LogP contribution in [0.5, 0.6) is 0 Å². The van der Waals surface area contributed by atoms with Gasteiger partial charge in [-0.25, -0.2) is 0 Å². The van der Waals surface area contributed by atoms with E-state index in [4.69, 9.17) is 0 Å². The second-order valence-corrected chi connectivity index (χ2v) is 6.79. The molecule has 0 nitrogen and oxygen atoms in total. The maximum atomic E-state index is 2.43. The molecule has 1 aromatic rings. The van der Waals surface area contributed by atoms with Crippen molar-refractivity contribution in [2.24, 2.45) is 0 Å². The molecule has 0 spiro atoms. The molecule has 0 radical (unpaired) electrons. The molecule has 1 rings (SSSR count). The quantitative estimate of drug-likeness (QED) is 0.705. The van der Waals surface area contributed by atoms with Crippen LogP contribution in [-0.2, 0) is 0 Å². The molecule has 0 saturated heterocycles. The fraction of sp³-hybridized carbons (Fsp3) is 0.600. The Morgan fingerprint density at radius 2 is 1.12 bits per heavy atom. The van der Waals surface area contributed by atoms with Crippen molar-refractivity contribution in [2.45, 2.75) is 59.3 Å². The van der Waals surface area contributed by atoms with E-state index in [-0.39, 0.29) is 0 Å². The second-order valence-electron chi connectivity index (χ2n) is 5.79. The zero-order chi connectivity index (χ0) is 12.5. The van der Waals surface area contributed by atoms with Crippen LogP contribution in [0.15, 0.2) is 12.1 Å². The van der Waals surface area contributed by atoms with Gasteiger partial charge in [-0.2, -0.15) is 0 Å². The minimum Gasteiger partial charge on any atom is -0.0640 e. The number of benzene rings is 1. The predicted octanol–water partition coefficient (Wildman–Crippen LogP) is 3.05. The Bertz CT molecular complexity index is 333. The van der Waals surface area contributed by atoms with Gasteiger partial charge in [0.05, 0.1) is 0 Å². The maximum Gasteiger partial charge on any atom is 0.0392 e. The summed E-state index contributed by atoms with van der Waals surface area (Å²) in [6.45, 7) is 13.8. The van der Waals surface area contributed by atoms with E-state index in [1.807, 2.05) is 0 Å². The van der Waals surface area contributed by atoms with Crippen LogP contribution in [0.25, 0.3) is 0 Å². The SMILES string of the molecule is CC(C)c1cc(C(C)C)c([SiH3])c(C(C)C)c1. The first kappa shape index (κ1) is 13.5. The molecule has 0 aliphatic rings. The zero-order valence-corrected chi connectivity index (χ0v) is 13.9. The first-order chi connectivity index (χ1) is 7.34. The minimum absolute atomic E-state index is 0.636. The van der Waals surface area contributed by atoms with E-state index in [0.717, 1.165) is 0 Å². The average Bonchev–Trinajstić information content (AvgIpc) is 2.16. The summed E-state index contributed by atoms with van der Waals surface area (Å²) in [5.74, 6) is 1.95. The van der Waals surface area contributed by atoms with E-state index >= 15 is 0 Å². The van der Waals surface area contributed by atoms with Crippen molar-refractivity contribution in [2.75, 3.05) is 0 Å². The number of hydrogen-bond acceptors (Lipinski definition) is 0. The molecule has 0 N–H and O–H groups in total. The van der Waals surface area contributed by atoms with Crippen LogP contribution < -0.4 is 5.19 Å². The van der Waals surface area contributed by atoms with Gasteiger partial charge in [-0.1, -0.05) is 58.9 Å². The van der Waals surface area contributed by atoms with Gasteiger partial charge >= 0.3 is 0 Å². The van der Waals surface area contributed by atoms with Crippen LogP contribution >= 0.6 is 0 Å². The Labute approximate surface area is 104 Å². The van der Waals surface area contributed by atoms with Gasteiger partial charge in [0.2, 0.25) is 0 Å². The molecule has 0 amide bonds. The molecule has 0 atom stereocenters. The molecule has 90 valence electrons. The summed E-state index contributed by atoms with van der Waals surface area (Å²) in [5, 5.41) is 1.63. The lowest BCUT2D eigenvalue weighted by Crippen LogP contribution is -2.19. The number of rotatable bonds is 3. The van der Waals surface area contributed by atoms with Crippen LogP contribution in [-0.4, -0.2) is 10.2 Å². The van der Waals surface area contributed by atoms with E-state index in [1.54, 1.807) is 16.3 Å². The van der Waals surface area contributed by atoms with Gasteiger partial charge in [0.15, 0.2) is 0 Å². The molecule has 0 unspecified atom stereocenters. The van der Waals surface area contributed by atoms with Crippen molar-refractivity contribution in [3.05, 3.63) is 28.8 Å². The molecule has 0 aromatic heterocycles. The summed E-state index contributed by atoms with van der Waals surface area (Å²) in [6.07, 6.45) is 0. The highest BCUT2D eigenvalue weighted by Gasteiger charge is 2.13. The standard InChI is InChI=1S/C15H26Si/c1-9(2)12-7-13(10(3)4)15(16)14(8-12)11(5)6/h7-11H,1-6,16H3. The van der Waals surface area contributed by atoms with Gasteiger partial charge in [0.25, 0.3) is 0 Å². The first-order valence-corrected chi connectivity index (χ1v) is 7.48. The van der Waals surface area contributed by atoms with Crippen LogP contribution in [0.1, 0.15) is 76.0 Å². The van der Waals surface area contributed by atoms with E-state index in [0.29, 0.717) is 17.8 Å². The van der Waals surface area contributed by atoms with Crippen molar-refractivity contribution in [1.82, 2.24) is 0 Å². The summed E-state index contributed by atoms with van der Waals surface area (Å²) in [5.41, 5.74) is 4.68. The smallest absolute Gasteiger partial charge is 0.0392 e. The van der Waals surface area contributed by atoms with Crippen molar-refractivity contribution in [3.63, 3.8) is 0 Å². The van der Waals surface area contributed by atoms with Crippen molar-refractivity contribution < 1.29 is 0 Å². The molecule has 1 aromatic carbocycles. The fourth-order valence-electron chi connectivity index (χ4n) is 2.32. The Morgan fingerprint density at radius 3 is 1.38 bits per heavy atom. The van der Waals surface area contributed by atoms with Gasteiger partial charge in [-0.3, -0.25) is 0 Å². The topological polar surface area (TPSA) is 0 Å². The molecule has 0 fully saturated rings. The van der Waals surface area contributed by atoms with Crippen molar-refractivity contribution in [1.29, 1.82) is 0 Å². The lowest BCUT2D eigenvalue weighted by atomic mass is 9.89. The molecule has 0 bridgehead atoms. The van der Waals surface area contributed by atoms with Gasteiger partial charge < -0.3 is 0 Å². The molecule has 0 aliphatic heterocycles. The molecular weight excluding hydrogens is 208 g/mol. The first-order valence-electron chi connectivity index (χ1n) is 6.48. The lowest BCUT2D eigenvalue weighted by molar-refractivity contribution is 0.813. The Kier molecular flexibility index (Phi) is 4.37. The Hall–Kier alpha value is -0.563. The molecule has 16 heavy (non-hydrogen) atoms. The molecule has 0 heterocycles. The van der Waals surface area contributed by atoms with Crippen LogP contribution in [0, 0.1) is 0 Å². The second kappa shape index (κ2) is 5.18. The summed E-state index contributed by atoms with van der Waals surface area (Å²) >= 11 is 0. The lowest BCUT2D eigenvalue weighted by Gasteiger charge is -2.20. The Balaban J connectivity index is 3.39. The third kappa shape index (κ3) is 2.76. The van der Waals surface area contributed by atoms with E-state index in [2.05, 4.69) is 53.7 Å². The van der Waals surface area contributed by atoms with Gasteiger partial charge in [-0.05, 0) is 34.4 Å². The zero-order valence-electron chi connectivity index (χ0n) is 11.9. The van der Waals surface area contributed by atoms with Crippen LogP contribution in [0.3, 0.4) is 0 Å². The minimum atomic E-state index is 0.636. The highest BCUT2D eigenvalue weighted by molar-refractivity contribution is 6.34. The van der Waals surface area contributed by atoms with E-state index < -0.39 is 0 Å². The number of hydrogen-bond donors (Lipinski definition) is 0. The maximum absolute atomic E-state index is 2.43. The van der Waals surface area contributed by atoms with Gasteiger partial charge in [0.1, 0.15) is 0 Å². The highest BCUT2D eigenvalue weighted by Crippen LogP contribution is 2.24. The summed E-state index contributed by atoms with van der Waals surface area (Å²) in [6, 6.07) is 4.87. The largest absolute Gasteiger partial charge is 0.0640 e. The normalized spacial score (nSPS) is 12.1. The van der Waals surface area contributed by atoms with Crippen LogP contribution in [0.2, 0.25) is 0 Å². The summed E-state index contributed by atoms with van der Waals surface area (Å²) in [4.78, 5) is 0. The van der Waals surface area contributed by atoms with Crippen molar-refractivity contribution >= 4 is 15.4 Å². The average molecular weight is 234 g/mol. The molecule has 0 saturated carbocycles. The molecular formula is C15H26Si. The van der Waals surface area contributed by atoms with E-state index in [9.17, 15) is 0 Å². The van der Waals surface area contributed by atoms with Gasteiger partial charge in [-0.15, -0.1) is 0 Å². The summed E-state index contributed by atoms with van der Waals surface area (Å²) < 4.78 is 0. The third-order valence-electron chi connectivity index (χ3n) is 3.42. The van der Waals surface area contributed by atoms with Crippen LogP contribution in [0.4, 0.5) is 0 Å². The van der Waals surface area contributed by atoms with E-state index in [1.165, 1.54) is 15.8 Å². The summed E-state index contributed by atoms with van der Waals surface area (Å²) in [7, 11) is 1.17. The Morgan fingerprint density at radius 1 is 0.750 bits per heavy atom. The third-order valence-corrected chi connectivity index (χ3v) is 4.58. The van der Waals surface area contributed by atoms with Crippen molar-refractivity contribution in [3.8, 4) is 0 Å². The highest BCUT2D eigenvalue weighted by atomic mass is 28.1. The monoisotopic (exact) mass is 234 g/mol. The predicted molar refractivity (Wildman–Crippen MR) is 78.3 cm³/mol. The molecule has 1 heteroatoms. The fourth-order valence-corrected chi connectivity index (χ4v) is 3.76. The van der Waals surface area contributed by atoms with Gasteiger partial charge in [0, 0.05) is 10.2 Å².